The Kier molecular flexibility index (Phi) is 6.02. The lowest BCUT2D eigenvalue weighted by molar-refractivity contribution is 0.0692. The van der Waals surface area contributed by atoms with E-state index in [1.165, 1.54) is 0 Å². The molecule has 1 aliphatic rings. The first-order valence-electron chi connectivity index (χ1n) is 12.5. The van der Waals surface area contributed by atoms with Gasteiger partial charge in [0, 0.05) is 30.4 Å². The summed E-state index contributed by atoms with van der Waals surface area (Å²) in [7, 11) is 0. The van der Waals surface area contributed by atoms with E-state index in [1.807, 2.05) is 101 Å². The smallest absolute Gasteiger partial charge is 0.253 e. The van der Waals surface area contributed by atoms with Gasteiger partial charge in [0.05, 0.1) is 22.6 Å². The number of piperidine rings is 1. The molecule has 7 heteroatoms. The molecule has 2 N–H and O–H groups in total. The molecule has 1 fully saturated rings. The molecular formula is C30H27N5O2. The molecule has 1 amide bonds. The zero-order valence-electron chi connectivity index (χ0n) is 20.3. The number of hydrogen-bond acceptors (Lipinski definition) is 5. The summed E-state index contributed by atoms with van der Waals surface area (Å²) in [4.78, 5) is 19.4. The number of benzene rings is 3. The minimum Gasteiger partial charge on any atom is -0.457 e. The molecule has 6 rings (SSSR count). The molecule has 0 unspecified atom stereocenters. The fourth-order valence-electron chi connectivity index (χ4n) is 4.99. The maximum Gasteiger partial charge on any atom is 0.253 e. The van der Waals surface area contributed by atoms with Gasteiger partial charge in [0.15, 0.2) is 5.82 Å². The molecule has 3 heterocycles. The Balaban J connectivity index is 1.22. The highest BCUT2D eigenvalue weighted by Crippen LogP contribution is 2.35. The van der Waals surface area contributed by atoms with E-state index in [2.05, 4.69) is 4.98 Å². The van der Waals surface area contributed by atoms with Crippen molar-refractivity contribution in [2.45, 2.75) is 18.9 Å². The lowest BCUT2D eigenvalue weighted by Crippen LogP contribution is -2.39. The summed E-state index contributed by atoms with van der Waals surface area (Å²) in [5.41, 5.74) is 9.87. The molecule has 3 aromatic carbocycles. The van der Waals surface area contributed by atoms with Gasteiger partial charge in [-0.1, -0.05) is 36.4 Å². The Labute approximate surface area is 215 Å². The summed E-state index contributed by atoms with van der Waals surface area (Å²) in [6.07, 6.45) is 3.44. The first-order valence-corrected chi connectivity index (χ1v) is 12.5. The Morgan fingerprint density at radius 1 is 0.838 bits per heavy atom. The van der Waals surface area contributed by atoms with Crippen molar-refractivity contribution in [1.29, 1.82) is 0 Å². The number of hydrogen-bond donors (Lipinski definition) is 1. The molecular weight excluding hydrogens is 462 g/mol. The summed E-state index contributed by atoms with van der Waals surface area (Å²) < 4.78 is 7.95. The number of likely N-dealkylation sites (tertiary alicyclic amines) is 1. The molecule has 0 radical (unpaired) electrons. The third-order valence-electron chi connectivity index (χ3n) is 6.87. The number of anilines is 1. The number of carbonyl (C=O) groups excluding carboxylic acids is 1. The molecule has 1 saturated heterocycles. The zero-order chi connectivity index (χ0) is 25.2. The van der Waals surface area contributed by atoms with Crippen LogP contribution in [0.2, 0.25) is 0 Å². The first kappa shape index (κ1) is 22.8. The monoisotopic (exact) mass is 489 g/mol. The van der Waals surface area contributed by atoms with E-state index in [9.17, 15) is 4.79 Å². The third kappa shape index (κ3) is 4.51. The van der Waals surface area contributed by atoms with Crippen molar-refractivity contribution in [2.75, 3.05) is 18.8 Å². The number of para-hydroxylation sites is 1. The predicted molar refractivity (Wildman–Crippen MR) is 145 cm³/mol. The van der Waals surface area contributed by atoms with Crippen molar-refractivity contribution >= 4 is 22.6 Å². The zero-order valence-corrected chi connectivity index (χ0v) is 20.3. The molecule has 0 bridgehead atoms. The van der Waals surface area contributed by atoms with Crippen molar-refractivity contribution in [2.24, 2.45) is 0 Å². The van der Waals surface area contributed by atoms with Crippen LogP contribution in [0.3, 0.4) is 0 Å². The van der Waals surface area contributed by atoms with Crippen molar-refractivity contribution in [3.8, 4) is 22.8 Å². The van der Waals surface area contributed by atoms with Gasteiger partial charge in [-0.15, -0.1) is 0 Å². The van der Waals surface area contributed by atoms with Crippen LogP contribution >= 0.6 is 0 Å². The van der Waals surface area contributed by atoms with E-state index in [0.717, 1.165) is 52.1 Å². The largest absolute Gasteiger partial charge is 0.457 e. The maximum absolute atomic E-state index is 12.9. The molecule has 0 aliphatic carbocycles. The Bertz CT molecular complexity index is 1520. The van der Waals surface area contributed by atoms with Gasteiger partial charge in [0.2, 0.25) is 0 Å². The van der Waals surface area contributed by atoms with Crippen LogP contribution < -0.4 is 10.5 Å². The quantitative estimate of drug-likeness (QED) is 0.330. The van der Waals surface area contributed by atoms with E-state index in [4.69, 9.17) is 15.6 Å². The minimum absolute atomic E-state index is 0.0788. The number of amides is 1. The SMILES string of the molecule is Nc1nn(C2CCN(C(=O)c3ccccc3)CC2)c2ccnc(-c3ccc(Oc4ccccc4)cc3)c12. The molecule has 5 aromatic rings. The Hall–Kier alpha value is -4.65. The van der Waals surface area contributed by atoms with Crippen LogP contribution in [0.4, 0.5) is 5.82 Å². The number of nitrogen functional groups attached to an aromatic ring is 1. The number of rotatable bonds is 5. The molecule has 0 spiro atoms. The van der Waals surface area contributed by atoms with E-state index in [1.54, 1.807) is 6.20 Å². The van der Waals surface area contributed by atoms with Gasteiger partial charge in [-0.25, -0.2) is 0 Å². The number of nitrogens with two attached hydrogens (primary N) is 1. The number of nitrogens with zero attached hydrogens (tertiary/aromatic N) is 4. The van der Waals surface area contributed by atoms with Crippen LogP contribution in [-0.2, 0) is 0 Å². The van der Waals surface area contributed by atoms with Crippen molar-refractivity contribution in [3.63, 3.8) is 0 Å². The fourth-order valence-corrected chi connectivity index (χ4v) is 4.99. The molecule has 0 saturated carbocycles. The summed E-state index contributed by atoms with van der Waals surface area (Å²) >= 11 is 0. The van der Waals surface area contributed by atoms with Gasteiger partial charge in [0.1, 0.15) is 11.5 Å². The van der Waals surface area contributed by atoms with Crippen LogP contribution in [0.25, 0.3) is 22.2 Å². The van der Waals surface area contributed by atoms with Crippen molar-refractivity contribution in [3.05, 3.63) is 103 Å². The summed E-state index contributed by atoms with van der Waals surface area (Å²) in [6.45, 7) is 1.36. The van der Waals surface area contributed by atoms with Crippen molar-refractivity contribution < 1.29 is 9.53 Å². The number of fused-ring (bicyclic) bond motifs is 1. The molecule has 37 heavy (non-hydrogen) atoms. The highest BCUT2D eigenvalue weighted by atomic mass is 16.5. The normalized spacial score (nSPS) is 14.1. The van der Waals surface area contributed by atoms with Gasteiger partial charge < -0.3 is 15.4 Å². The maximum atomic E-state index is 12.9. The summed E-state index contributed by atoms with van der Waals surface area (Å²) in [5.74, 6) is 2.08. The predicted octanol–water partition coefficient (Wildman–Crippen LogP) is 5.95. The van der Waals surface area contributed by atoms with Gasteiger partial charge in [-0.05, 0) is 67.4 Å². The molecule has 2 aromatic heterocycles. The van der Waals surface area contributed by atoms with Gasteiger partial charge >= 0.3 is 0 Å². The summed E-state index contributed by atoms with van der Waals surface area (Å²) in [5, 5.41) is 5.58. The highest BCUT2D eigenvalue weighted by molar-refractivity contribution is 6.00. The average molecular weight is 490 g/mol. The molecule has 0 atom stereocenters. The standard InChI is InChI=1S/C30H27N5O2/c31-29-27-26(35(33-29)23-16-19-34(20-17-23)30(36)22-7-3-1-4-8-22)15-18-32-28(27)21-11-13-25(14-12-21)37-24-9-5-2-6-10-24/h1-15,18,23H,16-17,19-20H2,(H2,31,33). The molecule has 1 aliphatic heterocycles. The highest BCUT2D eigenvalue weighted by Gasteiger charge is 2.27. The second-order valence-corrected chi connectivity index (χ2v) is 9.21. The van der Waals surface area contributed by atoms with E-state index in [0.29, 0.717) is 18.9 Å². The van der Waals surface area contributed by atoms with Crippen LogP contribution in [0.15, 0.2) is 97.2 Å². The topological polar surface area (TPSA) is 86.3 Å². The van der Waals surface area contributed by atoms with Crippen LogP contribution in [-0.4, -0.2) is 38.7 Å². The number of pyridine rings is 1. The lowest BCUT2D eigenvalue weighted by atomic mass is 10.0. The Morgan fingerprint density at radius 3 is 2.19 bits per heavy atom. The second kappa shape index (κ2) is 9.78. The first-order chi connectivity index (χ1) is 18.2. The van der Waals surface area contributed by atoms with E-state index >= 15 is 0 Å². The number of ether oxygens (including phenoxy) is 1. The average Bonchev–Trinajstić information content (AvgIpc) is 3.31. The Morgan fingerprint density at radius 2 is 1.49 bits per heavy atom. The van der Waals surface area contributed by atoms with Crippen LogP contribution in [0, 0.1) is 0 Å². The van der Waals surface area contributed by atoms with E-state index < -0.39 is 0 Å². The number of aromatic nitrogens is 3. The number of carbonyl (C=O) groups is 1. The fraction of sp³-hybridized carbons (Fsp3) is 0.167. The molecule has 184 valence electrons. The van der Waals surface area contributed by atoms with Crippen LogP contribution in [0.5, 0.6) is 11.5 Å². The minimum atomic E-state index is 0.0788. The van der Waals surface area contributed by atoms with Gasteiger partial charge in [-0.3, -0.25) is 14.5 Å². The van der Waals surface area contributed by atoms with Gasteiger partial charge in [0.25, 0.3) is 5.91 Å². The lowest BCUT2D eigenvalue weighted by Gasteiger charge is -2.32. The van der Waals surface area contributed by atoms with E-state index in [-0.39, 0.29) is 11.9 Å². The van der Waals surface area contributed by atoms with Gasteiger partial charge in [-0.2, -0.15) is 5.10 Å². The van der Waals surface area contributed by atoms with Crippen LogP contribution in [0.1, 0.15) is 29.2 Å². The summed E-state index contributed by atoms with van der Waals surface area (Å²) in [6, 6.07) is 29.1. The second-order valence-electron chi connectivity index (χ2n) is 9.21. The van der Waals surface area contributed by atoms with Crippen molar-refractivity contribution in [1.82, 2.24) is 19.7 Å². The third-order valence-corrected chi connectivity index (χ3v) is 6.87. The molecule has 7 nitrogen and oxygen atoms in total.